The van der Waals surface area contributed by atoms with Crippen LogP contribution in [0.25, 0.3) is 0 Å². The third-order valence-electron chi connectivity index (χ3n) is 3.39. The highest BCUT2D eigenvalue weighted by Gasteiger charge is 2.09. The molecule has 0 saturated carbocycles. The minimum atomic E-state index is -0.631. The number of rotatable bonds is 4. The molecule has 6 nitrogen and oxygen atoms in total. The van der Waals surface area contributed by atoms with Crippen molar-refractivity contribution in [1.82, 2.24) is 9.97 Å². The van der Waals surface area contributed by atoms with Crippen LogP contribution in [0.15, 0.2) is 66.5 Å². The molecule has 0 aliphatic heterocycles. The summed E-state index contributed by atoms with van der Waals surface area (Å²) in [6.07, 6.45) is 13.3. The summed E-state index contributed by atoms with van der Waals surface area (Å²) in [5.74, 6) is 0.236. The number of aromatic nitrogens is 2. The van der Waals surface area contributed by atoms with E-state index in [0.29, 0.717) is 6.42 Å². The van der Waals surface area contributed by atoms with Crippen molar-refractivity contribution in [3.8, 4) is 0 Å². The summed E-state index contributed by atoms with van der Waals surface area (Å²) in [6, 6.07) is 5.24. The van der Waals surface area contributed by atoms with Gasteiger partial charge >= 0.3 is 6.09 Å². The van der Waals surface area contributed by atoms with Crippen LogP contribution < -0.4 is 5.32 Å². The molecule has 0 radical (unpaired) electrons. The van der Waals surface area contributed by atoms with Gasteiger partial charge in [0.2, 0.25) is 5.95 Å². The fourth-order valence-electron chi connectivity index (χ4n) is 2.16. The molecule has 6 heteroatoms. The number of methoxy groups -OCH3 is 1. The number of nitrogens with one attached hydrogen (secondary N) is 2. The van der Waals surface area contributed by atoms with Crippen molar-refractivity contribution in [3.05, 3.63) is 72.1 Å². The summed E-state index contributed by atoms with van der Waals surface area (Å²) in [7, 11) is 1.28. The zero-order valence-corrected chi connectivity index (χ0v) is 13.5. The Balaban J connectivity index is 2.14. The number of anilines is 1. The summed E-state index contributed by atoms with van der Waals surface area (Å²) in [4.78, 5) is 18.1. The monoisotopic (exact) mass is 327 g/mol. The Bertz CT molecular complexity index is 703. The zero-order chi connectivity index (χ0) is 17.2. The second kappa shape index (κ2) is 9.32. The van der Waals surface area contributed by atoms with Gasteiger partial charge in [0.05, 0.1) is 13.2 Å². The van der Waals surface area contributed by atoms with Crippen LogP contribution in [0.1, 0.15) is 24.5 Å². The molecule has 1 aromatic rings. The molecule has 1 aliphatic rings. The van der Waals surface area contributed by atoms with Crippen LogP contribution in [0.2, 0.25) is 0 Å². The normalized spacial score (nSPS) is 14.2. The highest BCUT2D eigenvalue weighted by atomic mass is 16.5. The minimum absolute atomic E-state index is 0.236. The summed E-state index contributed by atoms with van der Waals surface area (Å²) in [5.41, 5.74) is 1.90. The van der Waals surface area contributed by atoms with Crippen molar-refractivity contribution < 1.29 is 14.6 Å². The van der Waals surface area contributed by atoms with Gasteiger partial charge in [0.1, 0.15) is 0 Å². The van der Waals surface area contributed by atoms with Gasteiger partial charge in [-0.25, -0.2) is 9.78 Å². The van der Waals surface area contributed by atoms with E-state index in [4.69, 9.17) is 0 Å². The number of H-pyrrole nitrogens is 1. The number of ether oxygens (including phenoxy) is 1. The molecule has 1 unspecified atom stereocenters. The second-order valence-electron chi connectivity index (χ2n) is 5.14. The number of allylic oxidation sites excluding steroid dienone is 5. The molecule has 0 spiro atoms. The quantitative estimate of drug-likeness (QED) is 0.789. The smallest absolute Gasteiger partial charge is 0.413 e. The highest BCUT2D eigenvalue weighted by molar-refractivity contribution is 5.81. The number of carbonyl (C=O) groups excluding carboxylic acids is 1. The molecule has 1 aromatic heterocycles. The number of aliphatic hydroxyl groups excluding tert-OH is 1. The lowest BCUT2D eigenvalue weighted by Crippen LogP contribution is -2.12. The second-order valence-corrected chi connectivity index (χ2v) is 5.14. The van der Waals surface area contributed by atoms with E-state index < -0.39 is 12.2 Å². The van der Waals surface area contributed by atoms with E-state index in [-0.39, 0.29) is 5.95 Å². The molecule has 1 atom stereocenters. The van der Waals surface area contributed by atoms with E-state index in [9.17, 15) is 9.90 Å². The van der Waals surface area contributed by atoms with E-state index in [1.54, 1.807) is 24.4 Å². The molecule has 3 N–H and O–H groups in total. The standard InChI is InChI=1S/C18H21N3O3/c1-24-18(23)21-17-19-11-6-9-15(10-12-20-17)16(22)13-14-7-4-2-3-5-8-14/h2-7,9-12,16,22H,8,13H2,1H3,(H2,19,20,21,23). The number of hydrogen-bond acceptors (Lipinski definition) is 4. The zero-order valence-electron chi connectivity index (χ0n) is 13.5. The van der Waals surface area contributed by atoms with Gasteiger partial charge in [-0.2, -0.15) is 0 Å². The molecular weight excluding hydrogens is 306 g/mol. The fraction of sp³-hybridized carbons (Fsp3) is 0.222. The van der Waals surface area contributed by atoms with Crippen molar-refractivity contribution in [1.29, 1.82) is 0 Å². The molecule has 0 fully saturated rings. The van der Waals surface area contributed by atoms with E-state index >= 15 is 0 Å². The lowest BCUT2D eigenvalue weighted by molar-refractivity contribution is 0.177. The lowest BCUT2D eigenvalue weighted by atomic mass is 10.0. The van der Waals surface area contributed by atoms with Gasteiger partial charge < -0.3 is 14.8 Å². The SMILES string of the molecule is COC(=O)Nc1ncccc(C(O)CC2=CC=CC=CC2)cc[nH]1. The van der Waals surface area contributed by atoms with Crippen LogP contribution in [0.5, 0.6) is 0 Å². The number of nitrogens with zero attached hydrogens (tertiary/aromatic N) is 1. The Morgan fingerprint density at radius 3 is 3.12 bits per heavy atom. The van der Waals surface area contributed by atoms with Crippen molar-refractivity contribution in [2.75, 3.05) is 12.4 Å². The molecule has 0 saturated heterocycles. The maximum atomic E-state index is 11.2. The van der Waals surface area contributed by atoms with Crippen LogP contribution in [0, 0.1) is 0 Å². The van der Waals surface area contributed by atoms with Gasteiger partial charge in [-0.1, -0.05) is 42.0 Å². The van der Waals surface area contributed by atoms with Crippen LogP contribution >= 0.6 is 0 Å². The van der Waals surface area contributed by atoms with Crippen LogP contribution in [0.4, 0.5) is 10.7 Å². The van der Waals surface area contributed by atoms with Crippen LogP contribution in [0.3, 0.4) is 0 Å². The first-order chi connectivity index (χ1) is 11.7. The van der Waals surface area contributed by atoms with E-state index in [1.165, 1.54) is 13.3 Å². The Labute approximate surface area is 140 Å². The van der Waals surface area contributed by atoms with Crippen molar-refractivity contribution in [2.24, 2.45) is 0 Å². The van der Waals surface area contributed by atoms with Crippen molar-refractivity contribution >= 4 is 12.0 Å². The first-order valence-corrected chi connectivity index (χ1v) is 7.61. The summed E-state index contributed by atoms with van der Waals surface area (Å²) >= 11 is 0. The van der Waals surface area contributed by atoms with E-state index in [2.05, 4.69) is 26.1 Å². The average molecular weight is 327 g/mol. The summed E-state index contributed by atoms with van der Waals surface area (Å²) < 4.78 is 4.52. The van der Waals surface area contributed by atoms with Crippen molar-refractivity contribution in [2.45, 2.75) is 18.9 Å². The Morgan fingerprint density at radius 1 is 1.42 bits per heavy atom. The molecular formula is C18H21N3O3. The molecule has 1 amide bonds. The number of aliphatic hydroxyl groups is 1. The predicted octanol–water partition coefficient (Wildman–Crippen LogP) is 3.58. The van der Waals surface area contributed by atoms with Crippen LogP contribution in [-0.2, 0) is 4.74 Å². The van der Waals surface area contributed by atoms with Crippen LogP contribution in [-0.4, -0.2) is 28.3 Å². The summed E-state index contributed by atoms with van der Waals surface area (Å²) in [5, 5.41) is 12.9. The Morgan fingerprint density at radius 2 is 2.29 bits per heavy atom. The predicted molar refractivity (Wildman–Crippen MR) is 92.8 cm³/mol. The molecule has 24 heavy (non-hydrogen) atoms. The average Bonchev–Trinajstić information content (AvgIpc) is 2.77. The molecule has 126 valence electrons. The molecule has 1 aliphatic carbocycles. The fourth-order valence-corrected chi connectivity index (χ4v) is 2.16. The number of aromatic amines is 1. The van der Waals surface area contributed by atoms with Gasteiger partial charge in [0.15, 0.2) is 0 Å². The highest BCUT2D eigenvalue weighted by Crippen LogP contribution is 2.23. The largest absolute Gasteiger partial charge is 0.453 e. The molecule has 0 bridgehead atoms. The topological polar surface area (TPSA) is 87.2 Å². The number of amides is 1. The van der Waals surface area contributed by atoms with Gasteiger partial charge in [-0.15, -0.1) is 0 Å². The van der Waals surface area contributed by atoms with Gasteiger partial charge in [0.25, 0.3) is 0 Å². The molecule has 2 rings (SSSR count). The van der Waals surface area contributed by atoms with Crippen molar-refractivity contribution in [3.63, 3.8) is 0 Å². The van der Waals surface area contributed by atoms with Gasteiger partial charge in [-0.05, 0) is 30.5 Å². The Hall–Kier alpha value is -2.86. The molecule has 1 heterocycles. The molecule has 0 aromatic carbocycles. The van der Waals surface area contributed by atoms with Gasteiger partial charge in [-0.3, -0.25) is 5.32 Å². The van der Waals surface area contributed by atoms with Gasteiger partial charge in [0, 0.05) is 12.4 Å². The maximum absolute atomic E-state index is 11.2. The Kier molecular flexibility index (Phi) is 6.79. The van der Waals surface area contributed by atoms with E-state index in [0.717, 1.165) is 17.6 Å². The first-order valence-electron chi connectivity index (χ1n) is 7.61. The number of hydrogen-bond donors (Lipinski definition) is 3. The summed E-state index contributed by atoms with van der Waals surface area (Å²) in [6.45, 7) is 0. The maximum Gasteiger partial charge on any atom is 0.413 e. The first kappa shape index (κ1) is 17.5. The number of carbonyl (C=O) groups is 1. The third-order valence-corrected chi connectivity index (χ3v) is 3.39. The third kappa shape index (κ3) is 5.73. The minimum Gasteiger partial charge on any atom is -0.453 e. The van der Waals surface area contributed by atoms with E-state index in [1.807, 2.05) is 24.3 Å². The lowest BCUT2D eigenvalue weighted by Gasteiger charge is -2.11.